The molecule has 0 amide bonds. The van der Waals surface area contributed by atoms with Crippen LogP contribution in [-0.4, -0.2) is 15.3 Å². The standard InChI is InChI=1S/C24H25NPSi.Li/c1-25-27(2,3)24-18-23(21-16-10-11-17-22(21)24)26(19-12-6-4-7-13-19)20-14-8-5-9-15-20;/h4-18,21H,1-3H3;/q-1;+1. The summed E-state index contributed by atoms with van der Waals surface area (Å²) >= 11 is 0. The van der Waals surface area contributed by atoms with Crippen molar-refractivity contribution in [1.82, 2.24) is 0 Å². The molecule has 2 aromatic carbocycles. The summed E-state index contributed by atoms with van der Waals surface area (Å²) in [5.41, 5.74) is 1.47. The Labute approximate surface area is 183 Å². The molecule has 2 aromatic rings. The van der Waals surface area contributed by atoms with Crippen LogP contribution in [-0.2, 0) is 0 Å². The molecule has 0 heterocycles. The first-order valence-electron chi connectivity index (χ1n) is 9.44. The predicted octanol–water partition coefficient (Wildman–Crippen LogP) is 2.81. The van der Waals surface area contributed by atoms with E-state index in [1.807, 2.05) is 7.05 Å². The molecule has 0 fully saturated rings. The average Bonchev–Trinajstić information content (AvgIpc) is 3.10. The fourth-order valence-corrected chi connectivity index (χ4v) is 8.25. The van der Waals surface area contributed by atoms with Gasteiger partial charge in [-0.05, 0) is 37.7 Å². The van der Waals surface area contributed by atoms with Crippen molar-refractivity contribution in [3.8, 4) is 0 Å². The van der Waals surface area contributed by atoms with Crippen molar-refractivity contribution >= 4 is 26.8 Å². The molecular weight excluding hydrogens is 368 g/mol. The molecule has 1 unspecified atom stereocenters. The summed E-state index contributed by atoms with van der Waals surface area (Å²) in [7, 11) is -0.362. The molecule has 28 heavy (non-hydrogen) atoms. The summed E-state index contributed by atoms with van der Waals surface area (Å²) in [5, 5.41) is 5.87. The number of nitrogens with zero attached hydrogens (tertiary/aromatic N) is 1. The minimum atomic E-state index is -1.79. The van der Waals surface area contributed by atoms with Crippen molar-refractivity contribution in [3.05, 3.63) is 112 Å². The average molecular weight is 393 g/mol. The number of fused-ring (bicyclic) bond motifs is 1. The van der Waals surface area contributed by atoms with Crippen molar-refractivity contribution in [1.29, 1.82) is 0 Å². The second-order valence-electron chi connectivity index (χ2n) is 7.45. The largest absolute Gasteiger partial charge is 1.00 e. The molecule has 0 N–H and O–H groups in total. The van der Waals surface area contributed by atoms with E-state index in [0.29, 0.717) is 5.92 Å². The van der Waals surface area contributed by atoms with Gasteiger partial charge in [0.05, 0.1) is 0 Å². The topological polar surface area (TPSA) is 14.1 Å². The summed E-state index contributed by atoms with van der Waals surface area (Å²) in [6.07, 6.45) is 11.6. The van der Waals surface area contributed by atoms with E-state index in [-0.39, 0.29) is 18.9 Å². The SMILES string of the molecule is C[N-][Si](C)(C)C1=C2C=CC=CC2C(P(c2ccccc2)c2ccccc2)=C1.[Li+]. The van der Waals surface area contributed by atoms with E-state index >= 15 is 0 Å². The van der Waals surface area contributed by atoms with Crippen LogP contribution in [0.5, 0.6) is 0 Å². The van der Waals surface area contributed by atoms with Crippen LogP contribution in [0.15, 0.2) is 107 Å². The first kappa shape index (κ1) is 21.3. The van der Waals surface area contributed by atoms with Crippen LogP contribution in [0, 0.1) is 5.92 Å². The van der Waals surface area contributed by atoms with Crippen LogP contribution in [0.25, 0.3) is 4.98 Å². The van der Waals surface area contributed by atoms with E-state index in [4.69, 9.17) is 4.98 Å². The van der Waals surface area contributed by atoms with Crippen molar-refractivity contribution < 1.29 is 18.9 Å². The Hall–Kier alpha value is -1.40. The molecule has 4 rings (SSSR count). The van der Waals surface area contributed by atoms with Crippen molar-refractivity contribution in [3.63, 3.8) is 0 Å². The normalized spacial score (nSPS) is 18.1. The summed E-state index contributed by atoms with van der Waals surface area (Å²) in [6.45, 7) is 4.70. The molecule has 4 heteroatoms. The van der Waals surface area contributed by atoms with Crippen LogP contribution in [0.4, 0.5) is 0 Å². The maximum absolute atomic E-state index is 4.82. The molecule has 0 saturated carbocycles. The van der Waals surface area contributed by atoms with Crippen LogP contribution in [0.1, 0.15) is 0 Å². The van der Waals surface area contributed by atoms with Gasteiger partial charge in [-0.25, -0.2) is 0 Å². The Morgan fingerprint density at radius 1 is 0.857 bits per heavy atom. The zero-order valence-corrected chi connectivity index (χ0v) is 19.0. The predicted molar refractivity (Wildman–Crippen MR) is 123 cm³/mol. The van der Waals surface area contributed by atoms with Gasteiger partial charge in [-0.2, -0.15) is 7.05 Å². The molecule has 2 aliphatic carbocycles. The summed E-state index contributed by atoms with van der Waals surface area (Å²) in [5.74, 6) is 0.380. The third-order valence-electron chi connectivity index (χ3n) is 5.45. The molecule has 0 bridgehead atoms. The van der Waals surface area contributed by atoms with Crippen LogP contribution in [0.3, 0.4) is 0 Å². The van der Waals surface area contributed by atoms with Gasteiger partial charge in [-0.1, -0.05) is 109 Å². The molecule has 0 spiro atoms. The van der Waals surface area contributed by atoms with E-state index in [9.17, 15) is 0 Å². The molecule has 1 nitrogen and oxygen atoms in total. The zero-order valence-electron chi connectivity index (χ0n) is 17.1. The first-order valence-corrected chi connectivity index (χ1v) is 13.7. The third kappa shape index (κ3) is 3.99. The minimum absolute atomic E-state index is 0. The zero-order chi connectivity index (χ0) is 18.9. The number of benzene rings is 2. The molecule has 2 aliphatic rings. The number of rotatable bonds is 5. The van der Waals surface area contributed by atoms with Crippen molar-refractivity contribution in [2.24, 2.45) is 5.92 Å². The number of hydrogen-bond donors (Lipinski definition) is 0. The van der Waals surface area contributed by atoms with Gasteiger partial charge in [0.25, 0.3) is 0 Å². The maximum Gasteiger partial charge on any atom is 1.00 e. The summed E-state index contributed by atoms with van der Waals surface area (Å²) in [6, 6.07) is 22.0. The Morgan fingerprint density at radius 2 is 1.43 bits per heavy atom. The van der Waals surface area contributed by atoms with Gasteiger partial charge in [-0.3, -0.25) is 0 Å². The van der Waals surface area contributed by atoms with Gasteiger partial charge in [-0.15, -0.1) is 0 Å². The van der Waals surface area contributed by atoms with E-state index in [2.05, 4.69) is 104 Å². The van der Waals surface area contributed by atoms with Gasteiger partial charge >= 0.3 is 18.9 Å². The van der Waals surface area contributed by atoms with Crippen molar-refractivity contribution in [2.45, 2.75) is 13.1 Å². The van der Waals surface area contributed by atoms with Gasteiger partial charge in [0.1, 0.15) is 0 Å². The first-order chi connectivity index (χ1) is 13.1. The number of hydrogen-bond acceptors (Lipinski definition) is 0. The summed E-state index contributed by atoms with van der Waals surface area (Å²) in [4.78, 5) is 4.82. The molecule has 0 aromatic heterocycles. The maximum atomic E-state index is 4.82. The summed E-state index contributed by atoms with van der Waals surface area (Å²) < 4.78 is 0. The van der Waals surface area contributed by atoms with Crippen LogP contribution >= 0.6 is 7.92 Å². The Kier molecular flexibility index (Phi) is 6.82. The molecular formula is C24H25LiNPSi. The fraction of sp³-hybridized carbons (Fsp3) is 0.167. The molecule has 0 aliphatic heterocycles. The van der Waals surface area contributed by atoms with Gasteiger partial charge in [0, 0.05) is 5.92 Å². The Bertz CT molecular complexity index is 906. The van der Waals surface area contributed by atoms with Crippen molar-refractivity contribution in [2.75, 3.05) is 7.05 Å². The minimum Gasteiger partial charge on any atom is -0.664 e. The molecule has 136 valence electrons. The van der Waals surface area contributed by atoms with E-state index in [1.54, 1.807) is 0 Å². The fourth-order valence-electron chi connectivity index (χ4n) is 3.83. The molecule has 0 saturated heterocycles. The second kappa shape index (κ2) is 8.95. The van der Waals surface area contributed by atoms with E-state index in [1.165, 1.54) is 26.7 Å². The molecule has 0 radical (unpaired) electrons. The van der Waals surface area contributed by atoms with Crippen LogP contribution < -0.4 is 29.5 Å². The quantitative estimate of drug-likeness (QED) is 0.548. The molecule has 1 atom stereocenters. The van der Waals surface area contributed by atoms with Gasteiger partial charge in [0.15, 0.2) is 0 Å². The Morgan fingerprint density at radius 3 is 1.96 bits per heavy atom. The number of allylic oxidation sites excluding steroid dienone is 8. The second-order valence-corrected chi connectivity index (χ2v) is 13.8. The van der Waals surface area contributed by atoms with Gasteiger partial charge < -0.3 is 4.98 Å². The third-order valence-corrected chi connectivity index (χ3v) is 10.9. The Balaban J connectivity index is 0.00000225. The van der Waals surface area contributed by atoms with E-state index < -0.39 is 16.2 Å². The monoisotopic (exact) mass is 393 g/mol. The van der Waals surface area contributed by atoms with E-state index in [0.717, 1.165) is 0 Å². The smallest absolute Gasteiger partial charge is 0.664 e. The van der Waals surface area contributed by atoms with Gasteiger partial charge in [0.2, 0.25) is 0 Å². The van der Waals surface area contributed by atoms with Crippen LogP contribution in [0.2, 0.25) is 13.1 Å².